The third-order valence-corrected chi connectivity index (χ3v) is 4.69. The number of para-hydroxylation sites is 1. The first-order valence-corrected chi connectivity index (χ1v) is 8.40. The second-order valence-corrected chi connectivity index (χ2v) is 6.76. The van der Waals surface area contributed by atoms with Gasteiger partial charge in [0.15, 0.2) is 0 Å². The van der Waals surface area contributed by atoms with Crippen LogP contribution in [0.4, 0.5) is 4.39 Å². The molecular formula is C20H20FN3. The van der Waals surface area contributed by atoms with Crippen molar-refractivity contribution >= 4 is 16.6 Å². The van der Waals surface area contributed by atoms with Crippen molar-refractivity contribution in [2.24, 2.45) is 4.99 Å². The molecule has 1 aliphatic heterocycles. The summed E-state index contributed by atoms with van der Waals surface area (Å²) in [4.78, 5) is 9.42. The fraction of sp³-hybridized carbons (Fsp3) is 0.300. The van der Waals surface area contributed by atoms with E-state index in [1.54, 1.807) is 12.3 Å². The molecule has 1 aromatic carbocycles. The zero-order valence-electron chi connectivity index (χ0n) is 14.0. The summed E-state index contributed by atoms with van der Waals surface area (Å²) in [7, 11) is 0. The minimum Gasteiger partial charge on any atom is -0.344 e. The molecule has 0 spiro atoms. The van der Waals surface area contributed by atoms with Gasteiger partial charge in [0.2, 0.25) is 0 Å². The van der Waals surface area contributed by atoms with Gasteiger partial charge in [-0.15, -0.1) is 0 Å². The normalized spacial score (nSPS) is 20.0. The van der Waals surface area contributed by atoms with Crippen LogP contribution in [0.25, 0.3) is 10.9 Å². The van der Waals surface area contributed by atoms with E-state index < -0.39 is 0 Å². The van der Waals surface area contributed by atoms with Crippen LogP contribution in [0.5, 0.6) is 0 Å². The number of hydrogen-bond donors (Lipinski definition) is 0. The largest absolute Gasteiger partial charge is 0.344 e. The highest BCUT2D eigenvalue weighted by atomic mass is 19.1. The first-order valence-electron chi connectivity index (χ1n) is 8.40. The van der Waals surface area contributed by atoms with Gasteiger partial charge in [0.25, 0.3) is 0 Å². The van der Waals surface area contributed by atoms with Gasteiger partial charge in [-0.3, -0.25) is 9.98 Å². The topological polar surface area (TPSA) is 30.2 Å². The Hall–Kier alpha value is -2.49. The van der Waals surface area contributed by atoms with Crippen LogP contribution in [0.1, 0.15) is 37.9 Å². The summed E-state index contributed by atoms with van der Waals surface area (Å²) in [6, 6.07) is 11.2. The monoisotopic (exact) mass is 321 g/mol. The van der Waals surface area contributed by atoms with E-state index in [2.05, 4.69) is 41.7 Å². The SMILES string of the molecule is CCCC1(C)Cn2cccc2C(c2cnc3c(F)cccc3c2)=N1. The molecule has 0 N–H and O–H groups in total. The van der Waals surface area contributed by atoms with Crippen molar-refractivity contribution in [2.45, 2.75) is 38.8 Å². The van der Waals surface area contributed by atoms with E-state index in [1.807, 2.05) is 12.1 Å². The molecule has 1 unspecified atom stereocenters. The van der Waals surface area contributed by atoms with Crippen LogP contribution in [0.3, 0.4) is 0 Å². The highest BCUT2D eigenvalue weighted by Crippen LogP contribution is 2.29. The maximum atomic E-state index is 13.9. The molecule has 4 heteroatoms. The zero-order chi connectivity index (χ0) is 16.7. The number of aromatic nitrogens is 2. The van der Waals surface area contributed by atoms with Gasteiger partial charge in [0.05, 0.1) is 16.9 Å². The molecule has 1 atom stereocenters. The van der Waals surface area contributed by atoms with Crippen LogP contribution in [0.2, 0.25) is 0 Å². The maximum absolute atomic E-state index is 13.9. The molecule has 0 radical (unpaired) electrons. The number of halogens is 1. The van der Waals surface area contributed by atoms with E-state index in [4.69, 9.17) is 4.99 Å². The fourth-order valence-corrected chi connectivity index (χ4v) is 3.64. The van der Waals surface area contributed by atoms with Gasteiger partial charge in [0, 0.05) is 29.9 Å². The quantitative estimate of drug-likeness (QED) is 0.694. The molecule has 0 saturated heterocycles. The number of pyridine rings is 1. The van der Waals surface area contributed by atoms with Gasteiger partial charge < -0.3 is 4.57 Å². The summed E-state index contributed by atoms with van der Waals surface area (Å²) in [5.41, 5.74) is 3.27. The Balaban J connectivity index is 1.88. The number of rotatable bonds is 3. The highest BCUT2D eigenvalue weighted by molar-refractivity contribution is 6.13. The van der Waals surface area contributed by atoms with Crippen molar-refractivity contribution in [2.75, 3.05) is 0 Å². The Kier molecular flexibility index (Phi) is 3.48. The van der Waals surface area contributed by atoms with Crippen molar-refractivity contribution < 1.29 is 4.39 Å². The summed E-state index contributed by atoms with van der Waals surface area (Å²) in [6.07, 6.45) is 5.96. The molecule has 3 heterocycles. The summed E-state index contributed by atoms with van der Waals surface area (Å²) in [5, 5.41) is 0.802. The smallest absolute Gasteiger partial charge is 0.149 e. The number of aliphatic imine (C=N–C) groups is 1. The lowest BCUT2D eigenvalue weighted by Gasteiger charge is -2.32. The predicted octanol–water partition coefficient (Wildman–Crippen LogP) is 4.59. The van der Waals surface area contributed by atoms with Crippen LogP contribution in [-0.4, -0.2) is 20.8 Å². The lowest BCUT2D eigenvalue weighted by molar-refractivity contribution is 0.360. The second-order valence-electron chi connectivity index (χ2n) is 6.76. The minimum absolute atomic E-state index is 0.118. The van der Waals surface area contributed by atoms with E-state index >= 15 is 0 Å². The average molecular weight is 321 g/mol. The van der Waals surface area contributed by atoms with Crippen LogP contribution >= 0.6 is 0 Å². The van der Waals surface area contributed by atoms with E-state index in [1.165, 1.54) is 6.07 Å². The van der Waals surface area contributed by atoms with E-state index in [-0.39, 0.29) is 11.4 Å². The van der Waals surface area contributed by atoms with E-state index in [0.717, 1.165) is 41.7 Å². The minimum atomic E-state index is -0.288. The lowest BCUT2D eigenvalue weighted by Crippen LogP contribution is -2.35. The summed E-state index contributed by atoms with van der Waals surface area (Å²) in [6.45, 7) is 5.28. The van der Waals surface area contributed by atoms with Crippen molar-refractivity contribution in [3.63, 3.8) is 0 Å². The van der Waals surface area contributed by atoms with Crippen molar-refractivity contribution in [1.82, 2.24) is 9.55 Å². The van der Waals surface area contributed by atoms with Gasteiger partial charge in [0.1, 0.15) is 11.3 Å². The molecule has 0 amide bonds. The standard InChI is InChI=1S/C20H20FN3/c1-3-9-20(2)13-24-10-5-8-17(24)19(23-20)15-11-14-6-4-7-16(21)18(14)22-12-15/h4-8,10-12H,3,9,13H2,1-2H3. The molecule has 3 nitrogen and oxygen atoms in total. The van der Waals surface area contributed by atoms with E-state index in [9.17, 15) is 4.39 Å². The third kappa shape index (κ3) is 2.42. The molecular weight excluding hydrogens is 301 g/mol. The summed E-state index contributed by atoms with van der Waals surface area (Å²) >= 11 is 0. The molecule has 122 valence electrons. The predicted molar refractivity (Wildman–Crippen MR) is 95.1 cm³/mol. The second kappa shape index (κ2) is 5.55. The lowest BCUT2D eigenvalue weighted by atomic mass is 9.93. The molecule has 4 rings (SSSR count). The van der Waals surface area contributed by atoms with Gasteiger partial charge in [-0.1, -0.05) is 25.5 Å². The Morgan fingerprint density at radius 1 is 1.25 bits per heavy atom. The number of hydrogen-bond acceptors (Lipinski definition) is 2. The molecule has 3 aromatic rings. The number of benzene rings is 1. The Morgan fingerprint density at radius 3 is 2.96 bits per heavy atom. The molecule has 0 saturated carbocycles. The Labute approximate surface area is 140 Å². The maximum Gasteiger partial charge on any atom is 0.149 e. The average Bonchev–Trinajstić information content (AvgIpc) is 3.02. The van der Waals surface area contributed by atoms with Crippen LogP contribution in [0, 0.1) is 5.82 Å². The summed E-state index contributed by atoms with van der Waals surface area (Å²) < 4.78 is 16.1. The van der Waals surface area contributed by atoms with E-state index in [0.29, 0.717) is 5.52 Å². The number of nitrogens with zero attached hydrogens (tertiary/aromatic N) is 3. The van der Waals surface area contributed by atoms with Gasteiger partial charge >= 0.3 is 0 Å². The number of fused-ring (bicyclic) bond motifs is 2. The first-order chi connectivity index (χ1) is 11.6. The molecule has 1 aliphatic rings. The molecule has 0 aliphatic carbocycles. The van der Waals surface area contributed by atoms with Crippen LogP contribution < -0.4 is 0 Å². The Morgan fingerprint density at radius 2 is 2.12 bits per heavy atom. The highest BCUT2D eigenvalue weighted by Gasteiger charge is 2.30. The van der Waals surface area contributed by atoms with Crippen molar-refractivity contribution in [3.8, 4) is 0 Å². The van der Waals surface area contributed by atoms with Gasteiger partial charge in [-0.25, -0.2) is 4.39 Å². The van der Waals surface area contributed by atoms with Gasteiger partial charge in [-0.05, 0) is 37.6 Å². The van der Waals surface area contributed by atoms with Crippen LogP contribution in [0.15, 0.2) is 53.8 Å². The van der Waals surface area contributed by atoms with Crippen molar-refractivity contribution in [3.05, 3.63) is 65.9 Å². The van der Waals surface area contributed by atoms with Crippen molar-refractivity contribution in [1.29, 1.82) is 0 Å². The molecule has 0 fully saturated rings. The van der Waals surface area contributed by atoms with Gasteiger partial charge in [-0.2, -0.15) is 0 Å². The molecule has 0 bridgehead atoms. The van der Waals surface area contributed by atoms with Crippen LogP contribution in [-0.2, 0) is 6.54 Å². The molecule has 24 heavy (non-hydrogen) atoms. The zero-order valence-corrected chi connectivity index (χ0v) is 14.0. The first kappa shape index (κ1) is 15.1. The summed E-state index contributed by atoms with van der Waals surface area (Å²) in [5.74, 6) is -0.288. The third-order valence-electron chi connectivity index (χ3n) is 4.69. The Bertz CT molecular complexity index is 941. The molecule has 2 aromatic heterocycles. The fourth-order valence-electron chi connectivity index (χ4n) is 3.64.